The van der Waals surface area contributed by atoms with E-state index in [2.05, 4.69) is 37.3 Å². The van der Waals surface area contributed by atoms with Gasteiger partial charge in [-0.05, 0) is 32.0 Å². The molecular weight excluding hydrogens is 650 g/mol. The molecule has 2 aromatic carbocycles. The van der Waals surface area contributed by atoms with Gasteiger partial charge in [0.15, 0.2) is 6.29 Å². The number of methoxy groups -OCH3 is 1. The van der Waals surface area contributed by atoms with Gasteiger partial charge in [-0.2, -0.15) is 5.26 Å². The third-order valence-electron chi connectivity index (χ3n) is 6.43. The smallest absolute Gasteiger partial charge is 0.184 e. The van der Waals surface area contributed by atoms with Crippen molar-refractivity contribution in [2.75, 3.05) is 13.7 Å². The quantitative estimate of drug-likeness (QED) is 0.135. The molecule has 0 radical (unpaired) electrons. The molecule has 1 saturated heterocycles. The maximum atomic E-state index is 9.76. The molecule has 0 N–H and O–H groups in total. The number of rotatable bonds is 10. The van der Waals surface area contributed by atoms with Crippen molar-refractivity contribution in [2.45, 2.75) is 55.3 Å². The standard InChI is InChI=1S/C28H27BrClN5O4S2/c1-16-25(30)41-26(32-16)21-13-35(34-33-21)14-22(36-3)28(40-24-11-20(29)10-9-19(24)12-31)39-23-15-37-27(38-17(23)2)18-7-5-4-6-8-18/h4-11,13,17,22-23,27-28H,14-15H2,1-3H3/t17-,22+,23?,27?,28?/m1/s1. The van der Waals surface area contributed by atoms with E-state index in [0.717, 1.165) is 20.6 Å². The third-order valence-corrected chi connectivity index (χ3v) is 9.64. The Kier molecular flexibility index (Phi) is 10.1. The molecule has 3 unspecified atom stereocenters. The zero-order valence-electron chi connectivity index (χ0n) is 22.4. The Labute approximate surface area is 259 Å². The lowest BCUT2D eigenvalue weighted by atomic mass is 10.1. The number of aryl methyl sites for hydroxylation is 1. The van der Waals surface area contributed by atoms with Crippen molar-refractivity contribution >= 4 is 50.6 Å². The van der Waals surface area contributed by atoms with Gasteiger partial charge in [0.1, 0.15) is 38.8 Å². The van der Waals surface area contributed by atoms with Crippen LogP contribution in [0, 0.1) is 18.3 Å². The second kappa shape index (κ2) is 13.8. The second-order valence-electron chi connectivity index (χ2n) is 9.31. The maximum Gasteiger partial charge on any atom is 0.184 e. The summed E-state index contributed by atoms with van der Waals surface area (Å²) in [6.45, 7) is 4.49. The maximum absolute atomic E-state index is 9.76. The summed E-state index contributed by atoms with van der Waals surface area (Å²) in [6, 6.07) is 17.6. The minimum absolute atomic E-state index is 0.261. The molecule has 5 atom stereocenters. The van der Waals surface area contributed by atoms with Crippen molar-refractivity contribution in [3.63, 3.8) is 0 Å². The van der Waals surface area contributed by atoms with E-state index in [9.17, 15) is 5.26 Å². The molecule has 3 heterocycles. The topological polar surface area (TPSA) is 104 Å². The molecule has 214 valence electrons. The van der Waals surface area contributed by atoms with Crippen LogP contribution < -0.4 is 0 Å². The highest BCUT2D eigenvalue weighted by Crippen LogP contribution is 2.36. The van der Waals surface area contributed by atoms with Gasteiger partial charge in [0.25, 0.3) is 0 Å². The van der Waals surface area contributed by atoms with Crippen molar-refractivity contribution in [3.05, 3.63) is 80.4 Å². The van der Waals surface area contributed by atoms with E-state index in [0.29, 0.717) is 33.8 Å². The average molecular weight is 677 g/mol. The van der Waals surface area contributed by atoms with Crippen LogP contribution in [-0.4, -0.2) is 57.4 Å². The molecule has 4 aromatic rings. The van der Waals surface area contributed by atoms with Crippen molar-refractivity contribution < 1.29 is 18.9 Å². The van der Waals surface area contributed by atoms with E-state index in [1.165, 1.54) is 23.1 Å². The lowest BCUT2D eigenvalue weighted by Crippen LogP contribution is -2.45. The number of thioether (sulfide) groups is 1. The lowest BCUT2D eigenvalue weighted by molar-refractivity contribution is -0.267. The largest absolute Gasteiger partial charge is 0.376 e. The minimum Gasteiger partial charge on any atom is -0.376 e. The van der Waals surface area contributed by atoms with Gasteiger partial charge in [-0.1, -0.05) is 86.2 Å². The van der Waals surface area contributed by atoms with Gasteiger partial charge < -0.3 is 18.9 Å². The van der Waals surface area contributed by atoms with Crippen LogP contribution in [0.5, 0.6) is 0 Å². The van der Waals surface area contributed by atoms with Crippen LogP contribution in [0.15, 0.2) is 64.1 Å². The van der Waals surface area contributed by atoms with Crippen molar-refractivity contribution in [1.82, 2.24) is 20.0 Å². The fraction of sp³-hybridized carbons (Fsp3) is 0.357. The number of nitrogens with zero attached hydrogens (tertiary/aromatic N) is 5. The second-order valence-corrected chi connectivity index (χ2v) is 13.0. The number of benzene rings is 2. The molecule has 0 saturated carbocycles. The summed E-state index contributed by atoms with van der Waals surface area (Å²) in [4.78, 5) is 5.23. The normalized spacial score (nSPS) is 20.4. The number of hydrogen-bond acceptors (Lipinski definition) is 10. The van der Waals surface area contributed by atoms with E-state index in [4.69, 9.17) is 30.5 Å². The van der Waals surface area contributed by atoms with Crippen molar-refractivity contribution in [1.29, 1.82) is 5.26 Å². The number of aromatic nitrogens is 4. The van der Waals surface area contributed by atoms with E-state index < -0.39 is 17.8 Å². The summed E-state index contributed by atoms with van der Waals surface area (Å²) < 4.78 is 28.0. The fourth-order valence-corrected chi connectivity index (χ4v) is 6.93. The Morgan fingerprint density at radius 1 is 1.29 bits per heavy atom. The Morgan fingerprint density at radius 2 is 2.10 bits per heavy atom. The first-order valence-corrected chi connectivity index (χ1v) is 15.6. The molecule has 2 aromatic heterocycles. The highest BCUT2D eigenvalue weighted by Gasteiger charge is 2.36. The van der Waals surface area contributed by atoms with Crippen LogP contribution in [0.3, 0.4) is 0 Å². The summed E-state index contributed by atoms with van der Waals surface area (Å²) in [5.74, 6) is 0. The number of thiazole rings is 1. The van der Waals surface area contributed by atoms with Gasteiger partial charge in [-0.3, -0.25) is 0 Å². The van der Waals surface area contributed by atoms with Gasteiger partial charge in [0.05, 0.1) is 36.7 Å². The van der Waals surface area contributed by atoms with Crippen molar-refractivity contribution in [2.24, 2.45) is 0 Å². The minimum atomic E-state index is -0.543. The monoisotopic (exact) mass is 675 g/mol. The average Bonchev–Trinajstić information content (AvgIpc) is 3.58. The molecule has 1 aliphatic heterocycles. The Morgan fingerprint density at radius 3 is 2.78 bits per heavy atom. The van der Waals surface area contributed by atoms with Gasteiger partial charge >= 0.3 is 0 Å². The highest BCUT2D eigenvalue weighted by atomic mass is 79.9. The van der Waals surface area contributed by atoms with Crippen molar-refractivity contribution in [3.8, 4) is 16.8 Å². The molecule has 0 spiro atoms. The number of ether oxygens (including phenoxy) is 4. The molecule has 13 heteroatoms. The molecule has 0 amide bonds. The van der Waals surface area contributed by atoms with Crippen LogP contribution in [-0.2, 0) is 25.5 Å². The molecule has 0 aliphatic carbocycles. The van der Waals surface area contributed by atoms with E-state index >= 15 is 0 Å². The summed E-state index contributed by atoms with van der Waals surface area (Å²) in [7, 11) is 1.62. The molecule has 5 rings (SSSR count). The number of halogens is 2. The van der Waals surface area contributed by atoms with Crippen LogP contribution in [0.1, 0.15) is 30.0 Å². The zero-order chi connectivity index (χ0) is 28.9. The van der Waals surface area contributed by atoms with Gasteiger partial charge in [-0.15, -0.1) is 5.10 Å². The van der Waals surface area contributed by atoms with Gasteiger partial charge in [-0.25, -0.2) is 9.67 Å². The molecule has 1 aliphatic rings. The number of hydrogen-bond donors (Lipinski definition) is 0. The highest BCUT2D eigenvalue weighted by molar-refractivity contribution is 9.10. The van der Waals surface area contributed by atoms with Gasteiger partial charge in [0.2, 0.25) is 0 Å². The number of nitriles is 1. The summed E-state index contributed by atoms with van der Waals surface area (Å²) in [5.41, 5.74) is 2.32. The summed E-state index contributed by atoms with van der Waals surface area (Å²) in [5, 5.41) is 19.0. The van der Waals surface area contributed by atoms with Crippen LogP contribution in [0.25, 0.3) is 10.7 Å². The van der Waals surface area contributed by atoms with Crippen LogP contribution in [0.2, 0.25) is 4.34 Å². The van der Waals surface area contributed by atoms with E-state index in [-0.39, 0.29) is 12.2 Å². The summed E-state index contributed by atoms with van der Waals surface area (Å²) >= 11 is 12.5. The van der Waals surface area contributed by atoms with Gasteiger partial charge in [0, 0.05) is 22.0 Å². The third kappa shape index (κ3) is 7.36. The Balaban J connectivity index is 1.36. The first-order valence-electron chi connectivity index (χ1n) is 12.7. The Bertz CT molecular complexity index is 1500. The lowest BCUT2D eigenvalue weighted by Gasteiger charge is -2.38. The van der Waals surface area contributed by atoms with Crippen LogP contribution >= 0.6 is 50.6 Å². The molecule has 0 bridgehead atoms. The summed E-state index contributed by atoms with van der Waals surface area (Å²) in [6.07, 6.45) is 0.225. The van der Waals surface area contributed by atoms with E-state index in [1.54, 1.807) is 17.9 Å². The molecule has 1 fully saturated rings. The SMILES string of the molecule is CO[C@@H](Cn1cc(-c2nc(C)c(Cl)s2)nn1)C(OC1COC(c2ccccc2)O[C@@H]1C)Sc1cc(Br)ccc1C#N. The first-order chi connectivity index (χ1) is 19.8. The fourth-order valence-electron chi connectivity index (χ4n) is 4.18. The Hall–Kier alpha value is -2.34. The van der Waals surface area contributed by atoms with Crippen LogP contribution in [0.4, 0.5) is 0 Å². The molecule has 41 heavy (non-hydrogen) atoms. The first kappa shape index (κ1) is 30.1. The molecule has 9 nitrogen and oxygen atoms in total. The predicted octanol–water partition coefficient (Wildman–Crippen LogP) is 6.65. The molecular formula is C28H27BrClN5O4S2. The van der Waals surface area contributed by atoms with E-state index in [1.807, 2.05) is 62.5 Å². The predicted molar refractivity (Wildman–Crippen MR) is 161 cm³/mol. The zero-order valence-corrected chi connectivity index (χ0v) is 26.4.